The lowest BCUT2D eigenvalue weighted by molar-refractivity contribution is 0.0840. The molecule has 1 aromatic carbocycles. The highest BCUT2D eigenvalue weighted by atomic mass is 16.7. The molecule has 0 bridgehead atoms. The second kappa shape index (κ2) is 7.73. The summed E-state index contributed by atoms with van der Waals surface area (Å²) in [6.45, 7) is 3.68. The Bertz CT molecular complexity index is 447. The zero-order valence-electron chi connectivity index (χ0n) is 11.8. The van der Waals surface area contributed by atoms with Crippen molar-refractivity contribution >= 4 is 6.16 Å². The van der Waals surface area contributed by atoms with Gasteiger partial charge in [0, 0.05) is 0 Å². The molecular formula is C17H22O3. The molecule has 1 saturated carbocycles. The van der Waals surface area contributed by atoms with Crippen molar-refractivity contribution in [2.24, 2.45) is 0 Å². The first-order valence-corrected chi connectivity index (χ1v) is 7.33. The Kier molecular flexibility index (Phi) is 5.66. The summed E-state index contributed by atoms with van der Waals surface area (Å²) in [5.41, 5.74) is 2.78. The molecule has 1 aliphatic carbocycles. The molecule has 1 fully saturated rings. The molecule has 3 heteroatoms. The van der Waals surface area contributed by atoms with Gasteiger partial charge in [-0.3, -0.25) is 0 Å². The maximum atomic E-state index is 11.0. The van der Waals surface area contributed by atoms with E-state index >= 15 is 0 Å². The topological polar surface area (TPSA) is 35.5 Å². The van der Waals surface area contributed by atoms with E-state index in [9.17, 15) is 4.79 Å². The van der Waals surface area contributed by atoms with E-state index in [0.29, 0.717) is 6.61 Å². The van der Waals surface area contributed by atoms with Crippen molar-refractivity contribution in [2.45, 2.75) is 44.4 Å². The van der Waals surface area contributed by atoms with Gasteiger partial charge in [0.2, 0.25) is 0 Å². The van der Waals surface area contributed by atoms with Crippen molar-refractivity contribution in [2.75, 3.05) is 6.61 Å². The average molecular weight is 274 g/mol. The Morgan fingerprint density at radius 3 is 2.90 bits per heavy atom. The maximum Gasteiger partial charge on any atom is 0.513 e. The number of hydrogen-bond donors (Lipinski definition) is 0. The number of hydrogen-bond acceptors (Lipinski definition) is 3. The molecule has 0 aliphatic heterocycles. The molecule has 3 nitrogen and oxygen atoms in total. The third-order valence-electron chi connectivity index (χ3n) is 3.79. The predicted molar refractivity (Wildman–Crippen MR) is 78.6 cm³/mol. The predicted octanol–water partition coefficient (Wildman–Crippen LogP) is 4.57. The minimum absolute atomic E-state index is 0.375. The smallest absolute Gasteiger partial charge is 0.434 e. The van der Waals surface area contributed by atoms with Gasteiger partial charge in [0.25, 0.3) is 0 Å². The van der Waals surface area contributed by atoms with Gasteiger partial charge in [-0.1, -0.05) is 43.7 Å². The first-order chi connectivity index (χ1) is 9.79. The van der Waals surface area contributed by atoms with Gasteiger partial charge < -0.3 is 9.47 Å². The van der Waals surface area contributed by atoms with E-state index in [4.69, 9.17) is 4.74 Å². The van der Waals surface area contributed by atoms with E-state index < -0.39 is 6.16 Å². The first-order valence-electron chi connectivity index (χ1n) is 7.33. The number of carbonyl (C=O) groups is 1. The summed E-state index contributed by atoms with van der Waals surface area (Å²) < 4.78 is 9.39. The molecule has 0 amide bonds. The molecule has 0 aromatic heterocycles. The van der Waals surface area contributed by atoms with Crippen LogP contribution in [0.25, 0.3) is 0 Å². The second-order valence-corrected chi connectivity index (χ2v) is 5.21. The Labute approximate surface area is 120 Å². The van der Waals surface area contributed by atoms with Gasteiger partial charge in [-0.05, 0) is 42.7 Å². The highest BCUT2D eigenvalue weighted by Crippen LogP contribution is 2.34. The Morgan fingerprint density at radius 1 is 1.35 bits per heavy atom. The zero-order valence-corrected chi connectivity index (χ0v) is 11.8. The van der Waals surface area contributed by atoms with E-state index in [1.54, 1.807) is 0 Å². The van der Waals surface area contributed by atoms with E-state index in [0.717, 1.165) is 25.0 Å². The standard InChI is InChI=1S/C17H22O3/c1-2-19-17(18)20-12-6-8-14-7-5-11-16(13-14)15-9-3-4-10-15/h2,5,7,11,13,15H,1,3-4,6,8-10,12H2. The normalized spacial score (nSPS) is 15.0. The molecule has 0 heterocycles. The fourth-order valence-corrected chi connectivity index (χ4v) is 2.80. The summed E-state index contributed by atoms with van der Waals surface area (Å²) in [4.78, 5) is 11.0. The Hall–Kier alpha value is -1.77. The molecule has 20 heavy (non-hydrogen) atoms. The van der Waals surface area contributed by atoms with Gasteiger partial charge in [0.15, 0.2) is 0 Å². The van der Waals surface area contributed by atoms with Gasteiger partial charge in [-0.2, -0.15) is 0 Å². The Morgan fingerprint density at radius 2 is 2.15 bits per heavy atom. The quantitative estimate of drug-likeness (QED) is 0.433. The molecule has 108 valence electrons. The fraction of sp³-hybridized carbons (Fsp3) is 0.471. The number of ether oxygens (including phenoxy) is 2. The molecule has 0 unspecified atom stereocenters. The fourth-order valence-electron chi connectivity index (χ4n) is 2.80. The van der Waals surface area contributed by atoms with Crippen LogP contribution in [0.5, 0.6) is 0 Å². The molecule has 0 atom stereocenters. The van der Waals surface area contributed by atoms with Crippen LogP contribution >= 0.6 is 0 Å². The van der Waals surface area contributed by atoms with Crippen LogP contribution in [0.1, 0.15) is 49.1 Å². The molecular weight excluding hydrogens is 252 g/mol. The van der Waals surface area contributed by atoms with Crippen LogP contribution < -0.4 is 0 Å². The monoisotopic (exact) mass is 274 g/mol. The van der Waals surface area contributed by atoms with Crippen LogP contribution in [-0.2, 0) is 15.9 Å². The minimum Gasteiger partial charge on any atom is -0.434 e. The van der Waals surface area contributed by atoms with Crippen molar-refractivity contribution in [3.8, 4) is 0 Å². The van der Waals surface area contributed by atoms with Crippen LogP contribution in [0.15, 0.2) is 37.1 Å². The molecule has 1 aliphatic rings. The van der Waals surface area contributed by atoms with Crippen LogP contribution in [0, 0.1) is 0 Å². The lowest BCUT2D eigenvalue weighted by Crippen LogP contribution is -2.05. The summed E-state index contributed by atoms with van der Waals surface area (Å²) in [5.74, 6) is 0.744. The van der Waals surface area contributed by atoms with Crippen molar-refractivity contribution in [1.82, 2.24) is 0 Å². The minimum atomic E-state index is -0.681. The van der Waals surface area contributed by atoms with Crippen molar-refractivity contribution in [1.29, 1.82) is 0 Å². The van der Waals surface area contributed by atoms with E-state index in [1.165, 1.54) is 36.8 Å². The maximum absolute atomic E-state index is 11.0. The third-order valence-corrected chi connectivity index (χ3v) is 3.79. The van der Waals surface area contributed by atoms with Crippen molar-refractivity contribution in [3.63, 3.8) is 0 Å². The lowest BCUT2D eigenvalue weighted by Gasteiger charge is -2.11. The van der Waals surface area contributed by atoms with Crippen molar-refractivity contribution < 1.29 is 14.3 Å². The molecule has 1 aromatic rings. The molecule has 0 saturated heterocycles. The lowest BCUT2D eigenvalue weighted by atomic mass is 9.95. The van der Waals surface area contributed by atoms with Crippen LogP contribution in [0.3, 0.4) is 0 Å². The van der Waals surface area contributed by atoms with Crippen molar-refractivity contribution in [3.05, 3.63) is 48.2 Å². The van der Waals surface area contributed by atoms with Gasteiger partial charge >= 0.3 is 6.16 Å². The molecule has 0 spiro atoms. The van der Waals surface area contributed by atoms with Gasteiger partial charge in [0.1, 0.15) is 0 Å². The van der Waals surface area contributed by atoms with Gasteiger partial charge in [0.05, 0.1) is 12.9 Å². The largest absolute Gasteiger partial charge is 0.513 e. The summed E-state index contributed by atoms with van der Waals surface area (Å²) >= 11 is 0. The number of benzene rings is 1. The number of rotatable bonds is 6. The zero-order chi connectivity index (χ0) is 14.2. The SMILES string of the molecule is C=COC(=O)OCCCc1cccc(C2CCCC2)c1. The second-order valence-electron chi connectivity index (χ2n) is 5.21. The van der Waals surface area contributed by atoms with Crippen LogP contribution in [0.2, 0.25) is 0 Å². The molecule has 0 N–H and O–H groups in total. The van der Waals surface area contributed by atoms with Gasteiger partial charge in [-0.25, -0.2) is 4.79 Å². The van der Waals surface area contributed by atoms with Gasteiger partial charge in [-0.15, -0.1) is 0 Å². The third kappa shape index (κ3) is 4.41. The van der Waals surface area contributed by atoms with Crippen LogP contribution in [0.4, 0.5) is 4.79 Å². The van der Waals surface area contributed by atoms with E-state index in [1.807, 2.05) is 0 Å². The van der Waals surface area contributed by atoms with E-state index in [2.05, 4.69) is 35.6 Å². The average Bonchev–Trinajstić information content (AvgIpc) is 2.98. The summed E-state index contributed by atoms with van der Waals surface area (Å²) in [5, 5.41) is 0. The summed E-state index contributed by atoms with van der Waals surface area (Å²) in [7, 11) is 0. The summed E-state index contributed by atoms with van der Waals surface area (Å²) in [6.07, 6.45) is 7.47. The molecule has 0 radical (unpaired) electrons. The highest BCUT2D eigenvalue weighted by molar-refractivity contribution is 5.60. The molecule has 2 rings (SSSR count). The number of aryl methyl sites for hydroxylation is 1. The highest BCUT2D eigenvalue weighted by Gasteiger charge is 2.16. The number of carbonyl (C=O) groups excluding carboxylic acids is 1. The summed E-state index contributed by atoms with van der Waals surface area (Å²) in [6, 6.07) is 8.81. The first kappa shape index (κ1) is 14.6. The van der Waals surface area contributed by atoms with E-state index in [-0.39, 0.29) is 0 Å². The Balaban J connectivity index is 1.76. The van der Waals surface area contributed by atoms with Crippen LogP contribution in [-0.4, -0.2) is 12.8 Å².